The summed E-state index contributed by atoms with van der Waals surface area (Å²) in [5.74, 6) is 0.308. The topological polar surface area (TPSA) is 41.9 Å². The first-order valence-corrected chi connectivity index (χ1v) is 7.71. The van der Waals surface area contributed by atoms with E-state index in [1.807, 2.05) is 55.5 Å². The highest BCUT2D eigenvalue weighted by molar-refractivity contribution is 9.10. The summed E-state index contributed by atoms with van der Waals surface area (Å²) in [6.45, 7) is 3.49. The van der Waals surface area contributed by atoms with Gasteiger partial charge in [-0.1, -0.05) is 45.8 Å². The first-order chi connectivity index (χ1) is 10.5. The molecule has 0 aromatic heterocycles. The van der Waals surface area contributed by atoms with Crippen LogP contribution in [0.25, 0.3) is 0 Å². The maximum Gasteiger partial charge on any atom is 0.243 e. The van der Waals surface area contributed by atoms with Crippen molar-refractivity contribution in [2.45, 2.75) is 20.1 Å². The standard InChI is InChI=1S/C17H15BrN2O2/c1-11-4-3-5-14(10-11)16-19-20(12(2)21)17(22-16)13-6-8-15(18)9-7-13/h3-10,17H,1-2H3/t17-/m1/s1. The third-order valence-electron chi connectivity index (χ3n) is 3.39. The van der Waals surface area contributed by atoms with E-state index in [2.05, 4.69) is 21.0 Å². The summed E-state index contributed by atoms with van der Waals surface area (Å²) in [7, 11) is 0. The second-order valence-corrected chi connectivity index (χ2v) is 6.08. The van der Waals surface area contributed by atoms with Crippen LogP contribution in [0, 0.1) is 6.92 Å². The van der Waals surface area contributed by atoms with Crippen molar-refractivity contribution in [2.75, 3.05) is 0 Å². The summed E-state index contributed by atoms with van der Waals surface area (Å²) in [6.07, 6.45) is -0.527. The Labute approximate surface area is 137 Å². The van der Waals surface area contributed by atoms with Crippen molar-refractivity contribution >= 4 is 27.7 Å². The van der Waals surface area contributed by atoms with Gasteiger partial charge in [-0.3, -0.25) is 4.79 Å². The number of hydrogen-bond donors (Lipinski definition) is 0. The number of benzene rings is 2. The van der Waals surface area contributed by atoms with E-state index >= 15 is 0 Å². The van der Waals surface area contributed by atoms with Crippen LogP contribution in [0.4, 0.5) is 0 Å². The summed E-state index contributed by atoms with van der Waals surface area (Å²) in [6, 6.07) is 15.5. The van der Waals surface area contributed by atoms with Gasteiger partial charge in [-0.2, -0.15) is 5.01 Å². The van der Waals surface area contributed by atoms with E-state index in [0.29, 0.717) is 5.90 Å². The fourth-order valence-corrected chi connectivity index (χ4v) is 2.57. The van der Waals surface area contributed by atoms with Crippen LogP contribution in [-0.2, 0) is 9.53 Å². The molecule has 1 atom stereocenters. The number of aryl methyl sites for hydroxylation is 1. The van der Waals surface area contributed by atoms with Crippen LogP contribution in [0.5, 0.6) is 0 Å². The van der Waals surface area contributed by atoms with E-state index < -0.39 is 6.23 Å². The SMILES string of the molecule is CC(=O)N1N=C(c2cccc(C)c2)O[C@@H]1c1ccc(Br)cc1. The minimum atomic E-state index is -0.527. The van der Waals surface area contributed by atoms with E-state index in [1.54, 1.807) is 0 Å². The molecule has 1 heterocycles. The zero-order chi connectivity index (χ0) is 15.7. The summed E-state index contributed by atoms with van der Waals surface area (Å²) in [5.41, 5.74) is 2.86. The molecule has 0 unspecified atom stereocenters. The minimum absolute atomic E-state index is 0.157. The Morgan fingerprint density at radius 1 is 1.23 bits per heavy atom. The molecule has 1 amide bonds. The number of carbonyl (C=O) groups is 1. The van der Waals surface area contributed by atoms with Gasteiger partial charge in [0, 0.05) is 22.5 Å². The zero-order valence-electron chi connectivity index (χ0n) is 12.3. The van der Waals surface area contributed by atoms with E-state index in [4.69, 9.17) is 4.74 Å². The molecule has 1 aliphatic rings. The summed E-state index contributed by atoms with van der Waals surface area (Å²) < 4.78 is 6.92. The van der Waals surface area contributed by atoms with Gasteiger partial charge in [0.2, 0.25) is 18.0 Å². The van der Waals surface area contributed by atoms with Crippen molar-refractivity contribution in [1.82, 2.24) is 5.01 Å². The molecule has 2 aromatic rings. The largest absolute Gasteiger partial charge is 0.446 e. The predicted octanol–water partition coefficient (Wildman–Crippen LogP) is 4.00. The molecular weight excluding hydrogens is 344 g/mol. The Morgan fingerprint density at radius 3 is 2.59 bits per heavy atom. The highest BCUT2D eigenvalue weighted by Gasteiger charge is 2.32. The molecule has 0 bridgehead atoms. The first-order valence-electron chi connectivity index (χ1n) is 6.92. The molecule has 0 N–H and O–H groups in total. The van der Waals surface area contributed by atoms with Gasteiger partial charge in [0.1, 0.15) is 0 Å². The number of carbonyl (C=O) groups excluding carboxylic acids is 1. The van der Waals surface area contributed by atoms with Crippen LogP contribution in [0.3, 0.4) is 0 Å². The lowest BCUT2D eigenvalue weighted by Crippen LogP contribution is -2.25. The Morgan fingerprint density at radius 2 is 1.95 bits per heavy atom. The van der Waals surface area contributed by atoms with Gasteiger partial charge in [-0.25, -0.2) is 0 Å². The van der Waals surface area contributed by atoms with Crippen molar-refractivity contribution in [2.24, 2.45) is 5.10 Å². The fourth-order valence-electron chi connectivity index (χ4n) is 2.31. The second-order valence-electron chi connectivity index (χ2n) is 5.16. The molecule has 0 saturated carbocycles. The number of hydrogen-bond acceptors (Lipinski definition) is 3. The van der Waals surface area contributed by atoms with E-state index in [-0.39, 0.29) is 5.91 Å². The number of ether oxygens (including phenoxy) is 1. The van der Waals surface area contributed by atoms with Gasteiger partial charge < -0.3 is 4.74 Å². The van der Waals surface area contributed by atoms with Gasteiger partial charge in [-0.05, 0) is 31.2 Å². The molecule has 0 fully saturated rings. The van der Waals surface area contributed by atoms with Crippen molar-refractivity contribution in [3.63, 3.8) is 0 Å². The van der Waals surface area contributed by atoms with Crippen molar-refractivity contribution < 1.29 is 9.53 Å². The number of halogens is 1. The van der Waals surface area contributed by atoms with Gasteiger partial charge in [0.05, 0.1) is 0 Å². The van der Waals surface area contributed by atoms with Crippen LogP contribution in [0.2, 0.25) is 0 Å². The highest BCUT2D eigenvalue weighted by Crippen LogP contribution is 2.31. The molecule has 22 heavy (non-hydrogen) atoms. The van der Waals surface area contributed by atoms with Crippen LogP contribution in [-0.4, -0.2) is 16.8 Å². The van der Waals surface area contributed by atoms with Crippen LogP contribution in [0.1, 0.15) is 29.8 Å². The van der Waals surface area contributed by atoms with Gasteiger partial charge >= 0.3 is 0 Å². The molecule has 0 aliphatic carbocycles. The average molecular weight is 359 g/mol. The lowest BCUT2D eigenvalue weighted by molar-refractivity contribution is -0.135. The van der Waals surface area contributed by atoms with Gasteiger partial charge in [0.15, 0.2) is 0 Å². The molecule has 3 rings (SSSR count). The Balaban J connectivity index is 1.94. The number of amides is 1. The lowest BCUT2D eigenvalue weighted by atomic mass is 10.1. The molecular formula is C17H15BrN2O2. The van der Waals surface area contributed by atoms with E-state index in [0.717, 1.165) is 21.2 Å². The fraction of sp³-hybridized carbons (Fsp3) is 0.176. The molecule has 0 radical (unpaired) electrons. The molecule has 0 saturated heterocycles. The van der Waals surface area contributed by atoms with Gasteiger partial charge in [-0.15, -0.1) is 5.10 Å². The van der Waals surface area contributed by atoms with E-state index in [1.165, 1.54) is 11.9 Å². The Hall–Kier alpha value is -2.14. The zero-order valence-corrected chi connectivity index (χ0v) is 13.9. The molecule has 112 valence electrons. The third-order valence-corrected chi connectivity index (χ3v) is 3.92. The molecule has 5 heteroatoms. The van der Waals surface area contributed by atoms with Crippen LogP contribution >= 0.6 is 15.9 Å². The minimum Gasteiger partial charge on any atom is -0.446 e. The smallest absolute Gasteiger partial charge is 0.243 e. The summed E-state index contributed by atoms with van der Waals surface area (Å²) >= 11 is 3.40. The Kier molecular flexibility index (Phi) is 3.98. The maximum absolute atomic E-state index is 11.9. The molecule has 0 spiro atoms. The summed E-state index contributed by atoms with van der Waals surface area (Å²) in [4.78, 5) is 11.9. The first kappa shape index (κ1) is 14.8. The molecule has 2 aromatic carbocycles. The van der Waals surface area contributed by atoms with E-state index in [9.17, 15) is 4.79 Å². The van der Waals surface area contributed by atoms with Crippen molar-refractivity contribution in [1.29, 1.82) is 0 Å². The third kappa shape index (κ3) is 2.90. The normalized spacial score (nSPS) is 17.1. The Bertz CT molecular complexity index is 741. The number of nitrogens with zero attached hydrogens (tertiary/aromatic N) is 2. The lowest BCUT2D eigenvalue weighted by Gasteiger charge is -2.19. The van der Waals surface area contributed by atoms with Crippen molar-refractivity contribution in [3.8, 4) is 0 Å². The molecule has 4 nitrogen and oxygen atoms in total. The predicted molar refractivity (Wildman–Crippen MR) is 88.2 cm³/mol. The number of hydrazone groups is 1. The average Bonchev–Trinajstić information content (AvgIpc) is 2.93. The van der Waals surface area contributed by atoms with Crippen LogP contribution in [0.15, 0.2) is 58.1 Å². The van der Waals surface area contributed by atoms with Crippen molar-refractivity contribution in [3.05, 3.63) is 69.7 Å². The second kappa shape index (κ2) is 5.93. The monoisotopic (exact) mass is 358 g/mol. The summed E-state index contributed by atoms with van der Waals surface area (Å²) in [5, 5.41) is 5.72. The molecule has 1 aliphatic heterocycles. The number of rotatable bonds is 2. The highest BCUT2D eigenvalue weighted by atomic mass is 79.9. The quantitative estimate of drug-likeness (QED) is 0.814. The maximum atomic E-state index is 11.9. The van der Waals surface area contributed by atoms with Gasteiger partial charge in [0.25, 0.3) is 0 Å². The van der Waals surface area contributed by atoms with Crippen LogP contribution < -0.4 is 0 Å².